The van der Waals surface area contributed by atoms with E-state index in [2.05, 4.69) is 24.0 Å². The van der Waals surface area contributed by atoms with Crippen molar-refractivity contribution in [3.05, 3.63) is 81.8 Å². The molecule has 3 aromatic rings. The minimum Gasteiger partial charge on any atom is -0.497 e. The smallest absolute Gasteiger partial charge is 0.254 e. The lowest BCUT2D eigenvalue weighted by Gasteiger charge is -2.36. The predicted molar refractivity (Wildman–Crippen MR) is 132 cm³/mol. The molecule has 2 aromatic carbocycles. The van der Waals surface area contributed by atoms with Crippen LogP contribution in [0.15, 0.2) is 48.5 Å². The van der Waals surface area contributed by atoms with Gasteiger partial charge in [-0.2, -0.15) is 0 Å². The van der Waals surface area contributed by atoms with Crippen LogP contribution in [0.3, 0.4) is 0 Å². The van der Waals surface area contributed by atoms with E-state index in [-0.39, 0.29) is 5.91 Å². The number of benzene rings is 2. The van der Waals surface area contributed by atoms with Gasteiger partial charge < -0.3 is 14.5 Å². The molecule has 1 saturated heterocycles. The van der Waals surface area contributed by atoms with Crippen LogP contribution in [0, 0.1) is 6.92 Å². The maximum absolute atomic E-state index is 13.0. The number of anilines is 1. The highest BCUT2D eigenvalue weighted by atomic mass is 35.5. The van der Waals surface area contributed by atoms with E-state index >= 15 is 0 Å². The lowest BCUT2D eigenvalue weighted by molar-refractivity contribution is 0.0746. The van der Waals surface area contributed by atoms with Crippen LogP contribution in [0.5, 0.6) is 5.75 Å². The number of aromatic nitrogens is 2. The molecular weight excluding hydrogens is 436 g/mol. The van der Waals surface area contributed by atoms with E-state index in [1.165, 1.54) is 5.56 Å². The van der Waals surface area contributed by atoms with E-state index in [0.717, 1.165) is 53.9 Å². The average Bonchev–Trinajstić information content (AvgIpc) is 2.85. The molecule has 0 atom stereocenters. The molecule has 4 rings (SSSR count). The number of nitrogens with zero attached hydrogens (tertiary/aromatic N) is 4. The Morgan fingerprint density at radius 2 is 1.79 bits per heavy atom. The second-order valence-corrected chi connectivity index (χ2v) is 8.62. The van der Waals surface area contributed by atoms with Crippen LogP contribution in [0.4, 0.5) is 5.82 Å². The second kappa shape index (κ2) is 10.2. The first-order valence-electron chi connectivity index (χ1n) is 11.3. The van der Waals surface area contributed by atoms with Gasteiger partial charge in [-0.25, -0.2) is 9.97 Å². The van der Waals surface area contributed by atoms with E-state index in [1.807, 2.05) is 42.2 Å². The third kappa shape index (κ3) is 5.28. The topological polar surface area (TPSA) is 58.6 Å². The number of ether oxygens (including phenoxy) is 1. The molecule has 0 spiro atoms. The SMILES string of the molecule is CCc1nc(C)nc(N2CCN(C(=O)c3cccc(OC)c3)CC2)c1Cc1ccc(Cl)cc1. The lowest BCUT2D eigenvalue weighted by Crippen LogP contribution is -2.49. The van der Waals surface area contributed by atoms with Crippen molar-refractivity contribution in [1.29, 1.82) is 0 Å². The maximum Gasteiger partial charge on any atom is 0.254 e. The summed E-state index contributed by atoms with van der Waals surface area (Å²) >= 11 is 6.08. The number of halogens is 1. The van der Waals surface area contributed by atoms with E-state index in [4.69, 9.17) is 26.3 Å². The molecule has 172 valence electrons. The normalized spacial score (nSPS) is 13.8. The molecule has 1 amide bonds. The Bertz CT molecular complexity index is 1130. The molecule has 0 radical (unpaired) electrons. The first-order valence-corrected chi connectivity index (χ1v) is 11.7. The van der Waals surface area contributed by atoms with Crippen LogP contribution in [-0.4, -0.2) is 54.1 Å². The van der Waals surface area contributed by atoms with Crippen molar-refractivity contribution in [3.63, 3.8) is 0 Å². The summed E-state index contributed by atoms with van der Waals surface area (Å²) in [6.45, 7) is 6.80. The van der Waals surface area contributed by atoms with Crippen LogP contribution in [0.2, 0.25) is 5.02 Å². The first-order chi connectivity index (χ1) is 16.0. The largest absolute Gasteiger partial charge is 0.497 e. The van der Waals surface area contributed by atoms with Crippen LogP contribution < -0.4 is 9.64 Å². The number of carbonyl (C=O) groups excluding carboxylic acids is 1. The molecule has 1 fully saturated rings. The third-order valence-corrected chi connectivity index (χ3v) is 6.25. The van der Waals surface area contributed by atoms with Gasteiger partial charge in [0.25, 0.3) is 5.91 Å². The molecule has 0 unspecified atom stereocenters. The highest BCUT2D eigenvalue weighted by molar-refractivity contribution is 6.30. The number of piperazine rings is 1. The van der Waals surface area contributed by atoms with Gasteiger partial charge in [-0.1, -0.05) is 36.7 Å². The minimum absolute atomic E-state index is 0.0306. The molecule has 0 aliphatic carbocycles. The summed E-state index contributed by atoms with van der Waals surface area (Å²) < 4.78 is 5.27. The van der Waals surface area contributed by atoms with Gasteiger partial charge in [0.2, 0.25) is 0 Å². The van der Waals surface area contributed by atoms with E-state index in [9.17, 15) is 4.79 Å². The summed E-state index contributed by atoms with van der Waals surface area (Å²) in [4.78, 5) is 26.8. The van der Waals surface area contributed by atoms with E-state index in [0.29, 0.717) is 24.4 Å². The zero-order valence-electron chi connectivity index (χ0n) is 19.3. The quantitative estimate of drug-likeness (QED) is 0.535. The Labute approximate surface area is 200 Å². The van der Waals surface area contributed by atoms with Gasteiger partial charge in [-0.05, 0) is 49.2 Å². The second-order valence-electron chi connectivity index (χ2n) is 8.19. The maximum atomic E-state index is 13.0. The zero-order valence-corrected chi connectivity index (χ0v) is 20.1. The number of hydrogen-bond donors (Lipinski definition) is 0. The van der Waals surface area contributed by atoms with Crippen molar-refractivity contribution < 1.29 is 9.53 Å². The summed E-state index contributed by atoms with van der Waals surface area (Å²) in [6.07, 6.45) is 1.59. The first kappa shape index (κ1) is 23.1. The van der Waals surface area contributed by atoms with Gasteiger partial charge in [0.15, 0.2) is 0 Å². The van der Waals surface area contributed by atoms with Crippen molar-refractivity contribution in [1.82, 2.24) is 14.9 Å². The Hall–Kier alpha value is -3.12. The van der Waals surface area contributed by atoms with Gasteiger partial charge >= 0.3 is 0 Å². The van der Waals surface area contributed by atoms with Crippen molar-refractivity contribution in [2.45, 2.75) is 26.7 Å². The number of amides is 1. The van der Waals surface area contributed by atoms with Crippen molar-refractivity contribution >= 4 is 23.3 Å². The van der Waals surface area contributed by atoms with Gasteiger partial charge in [0.05, 0.1) is 7.11 Å². The monoisotopic (exact) mass is 464 g/mol. The Morgan fingerprint density at radius 1 is 1.06 bits per heavy atom. The van der Waals surface area contributed by atoms with Crippen molar-refractivity contribution in [3.8, 4) is 5.75 Å². The molecule has 1 aliphatic rings. The summed E-state index contributed by atoms with van der Waals surface area (Å²) in [5.41, 5.74) is 4.05. The molecule has 33 heavy (non-hydrogen) atoms. The van der Waals surface area contributed by atoms with Crippen molar-refractivity contribution in [2.75, 3.05) is 38.2 Å². The van der Waals surface area contributed by atoms with Crippen LogP contribution in [0.1, 0.15) is 39.9 Å². The van der Waals surface area contributed by atoms with Crippen LogP contribution >= 0.6 is 11.6 Å². The summed E-state index contributed by atoms with van der Waals surface area (Å²) in [7, 11) is 1.61. The van der Waals surface area contributed by atoms with Gasteiger partial charge in [0.1, 0.15) is 17.4 Å². The van der Waals surface area contributed by atoms with Crippen molar-refractivity contribution in [2.24, 2.45) is 0 Å². The number of methoxy groups -OCH3 is 1. The number of carbonyl (C=O) groups is 1. The summed E-state index contributed by atoms with van der Waals surface area (Å²) in [5, 5.41) is 0.728. The summed E-state index contributed by atoms with van der Waals surface area (Å²) in [5.74, 6) is 2.47. The molecule has 1 aliphatic heterocycles. The molecule has 0 saturated carbocycles. The van der Waals surface area contributed by atoms with E-state index in [1.54, 1.807) is 13.2 Å². The lowest BCUT2D eigenvalue weighted by atomic mass is 10.0. The van der Waals surface area contributed by atoms with Crippen LogP contribution in [0.25, 0.3) is 0 Å². The number of aryl methyl sites for hydroxylation is 2. The fraction of sp³-hybridized carbons (Fsp3) is 0.346. The zero-order chi connectivity index (χ0) is 23.4. The fourth-order valence-electron chi connectivity index (χ4n) is 4.24. The average molecular weight is 465 g/mol. The highest BCUT2D eigenvalue weighted by Gasteiger charge is 2.26. The Balaban J connectivity index is 1.54. The summed E-state index contributed by atoms with van der Waals surface area (Å²) in [6, 6.07) is 15.3. The Morgan fingerprint density at radius 3 is 2.45 bits per heavy atom. The number of hydrogen-bond acceptors (Lipinski definition) is 5. The molecule has 6 nitrogen and oxygen atoms in total. The molecule has 0 bridgehead atoms. The number of rotatable bonds is 6. The standard InChI is InChI=1S/C26H29ClN4O2/c1-4-24-23(16-19-8-10-21(27)11-9-19)25(29-18(2)28-24)30-12-14-31(15-13-30)26(32)20-6-5-7-22(17-20)33-3/h5-11,17H,4,12-16H2,1-3H3. The molecular formula is C26H29ClN4O2. The van der Waals surface area contributed by atoms with Gasteiger partial charge in [-0.15, -0.1) is 0 Å². The van der Waals surface area contributed by atoms with E-state index < -0.39 is 0 Å². The van der Waals surface area contributed by atoms with Gasteiger partial charge in [0, 0.05) is 54.4 Å². The molecule has 0 N–H and O–H groups in total. The van der Waals surface area contributed by atoms with Gasteiger partial charge in [-0.3, -0.25) is 4.79 Å². The van der Waals surface area contributed by atoms with Crippen LogP contribution in [-0.2, 0) is 12.8 Å². The minimum atomic E-state index is 0.0306. The fourth-order valence-corrected chi connectivity index (χ4v) is 4.37. The Kier molecular flexibility index (Phi) is 7.14. The molecule has 2 heterocycles. The third-order valence-electron chi connectivity index (χ3n) is 5.99. The predicted octanol–water partition coefficient (Wildman–Crippen LogP) is 4.56. The highest BCUT2D eigenvalue weighted by Crippen LogP contribution is 2.27. The molecule has 7 heteroatoms. The molecule has 1 aromatic heterocycles.